The molecule has 0 spiro atoms. The predicted molar refractivity (Wildman–Crippen MR) is 83.2 cm³/mol. The Morgan fingerprint density at radius 1 is 1.15 bits per heavy atom. The van der Waals surface area contributed by atoms with Gasteiger partial charge in [-0.15, -0.1) is 0 Å². The third kappa shape index (κ3) is 2.82. The van der Waals surface area contributed by atoms with Crippen LogP contribution in [0.15, 0.2) is 18.2 Å². The molecule has 0 radical (unpaired) electrons. The summed E-state index contributed by atoms with van der Waals surface area (Å²) in [6.45, 7) is 4.41. The molecule has 1 aromatic rings. The van der Waals surface area contributed by atoms with E-state index in [1.807, 2.05) is 0 Å². The number of rotatable bonds is 3. The highest BCUT2D eigenvalue weighted by Gasteiger charge is 2.23. The molecule has 2 aliphatic rings. The normalized spacial score (nSPS) is 19.6. The van der Waals surface area contributed by atoms with Gasteiger partial charge in [0.25, 0.3) is 0 Å². The van der Waals surface area contributed by atoms with Gasteiger partial charge in [-0.1, -0.05) is 12.8 Å². The minimum absolute atomic E-state index is 0.208. The van der Waals surface area contributed by atoms with Crippen LogP contribution in [-0.2, 0) is 4.79 Å². The third-order valence-electron chi connectivity index (χ3n) is 4.67. The second-order valence-corrected chi connectivity index (χ2v) is 6.16. The predicted octanol–water partition coefficient (Wildman–Crippen LogP) is 3.72. The van der Waals surface area contributed by atoms with Crippen molar-refractivity contribution in [3.05, 3.63) is 23.8 Å². The van der Waals surface area contributed by atoms with E-state index in [2.05, 4.69) is 35.3 Å². The number of hydrogen-bond donors (Lipinski definition) is 1. The molecule has 0 aromatic heterocycles. The maximum atomic E-state index is 12.2. The van der Waals surface area contributed by atoms with Gasteiger partial charge in [-0.2, -0.15) is 0 Å². The summed E-state index contributed by atoms with van der Waals surface area (Å²) >= 11 is 0. The Morgan fingerprint density at radius 3 is 2.50 bits per heavy atom. The smallest absolute Gasteiger partial charge is 0.227 e. The quantitative estimate of drug-likeness (QED) is 0.909. The van der Waals surface area contributed by atoms with E-state index in [1.54, 1.807) is 0 Å². The number of amides is 1. The molecule has 2 fully saturated rings. The maximum absolute atomic E-state index is 12.2. The third-order valence-corrected chi connectivity index (χ3v) is 4.67. The van der Waals surface area contributed by atoms with E-state index < -0.39 is 0 Å². The van der Waals surface area contributed by atoms with Gasteiger partial charge in [0.05, 0.1) is 0 Å². The number of nitrogens with zero attached hydrogens (tertiary/aromatic N) is 1. The average Bonchev–Trinajstić information content (AvgIpc) is 3.14. The maximum Gasteiger partial charge on any atom is 0.227 e. The van der Waals surface area contributed by atoms with E-state index in [0.29, 0.717) is 0 Å². The van der Waals surface area contributed by atoms with Crippen molar-refractivity contribution in [3.63, 3.8) is 0 Å². The van der Waals surface area contributed by atoms with Gasteiger partial charge < -0.3 is 10.2 Å². The number of benzene rings is 1. The molecule has 0 bridgehead atoms. The summed E-state index contributed by atoms with van der Waals surface area (Å²) < 4.78 is 0. The summed E-state index contributed by atoms with van der Waals surface area (Å²) in [5.74, 6) is 0.437. The molecule has 1 heterocycles. The lowest BCUT2D eigenvalue weighted by molar-refractivity contribution is -0.119. The van der Waals surface area contributed by atoms with Crippen molar-refractivity contribution in [2.75, 3.05) is 23.3 Å². The standard InChI is InChI=1S/C17H24N2O/c1-13-12-15(19-10-4-5-11-19)8-9-16(13)18-17(20)14-6-2-3-7-14/h8-9,12,14H,2-7,10-11H2,1H3,(H,18,20). The van der Waals surface area contributed by atoms with Crippen molar-refractivity contribution in [3.8, 4) is 0 Å². The van der Waals surface area contributed by atoms with Crippen LogP contribution in [0.3, 0.4) is 0 Å². The first-order valence-electron chi connectivity index (χ1n) is 7.90. The van der Waals surface area contributed by atoms with Crippen molar-refractivity contribution >= 4 is 17.3 Å². The number of hydrogen-bond acceptors (Lipinski definition) is 2. The SMILES string of the molecule is Cc1cc(N2CCCC2)ccc1NC(=O)C1CCCC1. The lowest BCUT2D eigenvalue weighted by atomic mass is 10.1. The van der Waals surface area contributed by atoms with Crippen molar-refractivity contribution in [2.24, 2.45) is 5.92 Å². The molecule has 3 nitrogen and oxygen atoms in total. The molecule has 1 aromatic carbocycles. The molecule has 1 aliphatic carbocycles. The number of aryl methyl sites for hydroxylation is 1. The number of carbonyl (C=O) groups is 1. The minimum atomic E-state index is 0.208. The first-order chi connectivity index (χ1) is 9.74. The van der Waals surface area contributed by atoms with Crippen LogP contribution in [0.5, 0.6) is 0 Å². The molecule has 0 atom stereocenters. The molecule has 1 saturated heterocycles. The van der Waals surface area contributed by atoms with Crippen molar-refractivity contribution in [1.82, 2.24) is 0 Å². The second-order valence-electron chi connectivity index (χ2n) is 6.16. The Hall–Kier alpha value is -1.51. The van der Waals surface area contributed by atoms with Crippen LogP contribution in [0, 0.1) is 12.8 Å². The molecular formula is C17H24N2O. The molecular weight excluding hydrogens is 248 g/mol. The average molecular weight is 272 g/mol. The fourth-order valence-corrected chi connectivity index (χ4v) is 3.38. The largest absolute Gasteiger partial charge is 0.372 e. The topological polar surface area (TPSA) is 32.3 Å². The monoisotopic (exact) mass is 272 g/mol. The van der Waals surface area contributed by atoms with Crippen LogP contribution in [0.2, 0.25) is 0 Å². The summed E-state index contributed by atoms with van der Waals surface area (Å²) in [7, 11) is 0. The molecule has 3 rings (SSSR count). The highest BCUT2D eigenvalue weighted by molar-refractivity contribution is 5.93. The van der Waals surface area contributed by atoms with E-state index >= 15 is 0 Å². The van der Waals surface area contributed by atoms with Crippen LogP contribution in [-0.4, -0.2) is 19.0 Å². The van der Waals surface area contributed by atoms with E-state index in [1.165, 1.54) is 36.9 Å². The molecule has 1 amide bonds. The first-order valence-corrected chi connectivity index (χ1v) is 7.90. The fraction of sp³-hybridized carbons (Fsp3) is 0.588. The van der Waals surface area contributed by atoms with Gasteiger partial charge in [-0.3, -0.25) is 4.79 Å². The van der Waals surface area contributed by atoms with Crippen molar-refractivity contribution < 1.29 is 4.79 Å². The Balaban J connectivity index is 1.68. The molecule has 3 heteroatoms. The van der Waals surface area contributed by atoms with E-state index in [-0.39, 0.29) is 11.8 Å². The van der Waals surface area contributed by atoms with E-state index in [9.17, 15) is 4.79 Å². The van der Waals surface area contributed by atoms with Crippen LogP contribution >= 0.6 is 0 Å². The van der Waals surface area contributed by atoms with Gasteiger partial charge in [0.2, 0.25) is 5.91 Å². The van der Waals surface area contributed by atoms with Gasteiger partial charge in [-0.05, 0) is 56.4 Å². The van der Waals surface area contributed by atoms with Crippen LogP contribution in [0.25, 0.3) is 0 Å². The lowest BCUT2D eigenvalue weighted by Crippen LogP contribution is -2.21. The van der Waals surface area contributed by atoms with Gasteiger partial charge in [0.1, 0.15) is 0 Å². The van der Waals surface area contributed by atoms with Crippen LogP contribution in [0.4, 0.5) is 11.4 Å². The molecule has 20 heavy (non-hydrogen) atoms. The number of nitrogens with one attached hydrogen (secondary N) is 1. The number of carbonyl (C=O) groups excluding carboxylic acids is 1. The highest BCUT2D eigenvalue weighted by atomic mass is 16.1. The van der Waals surface area contributed by atoms with Gasteiger partial charge in [-0.25, -0.2) is 0 Å². The summed E-state index contributed by atoms with van der Waals surface area (Å²) in [4.78, 5) is 14.6. The highest BCUT2D eigenvalue weighted by Crippen LogP contribution is 2.28. The molecule has 108 valence electrons. The Bertz CT molecular complexity index is 486. The zero-order valence-corrected chi connectivity index (χ0v) is 12.3. The Kier molecular flexibility index (Phi) is 3.95. The molecule has 1 N–H and O–H groups in total. The number of anilines is 2. The molecule has 0 unspecified atom stereocenters. The van der Waals surface area contributed by atoms with Crippen molar-refractivity contribution in [2.45, 2.75) is 45.4 Å². The van der Waals surface area contributed by atoms with Crippen LogP contribution < -0.4 is 10.2 Å². The molecule has 1 aliphatic heterocycles. The lowest BCUT2D eigenvalue weighted by Gasteiger charge is -2.20. The first kappa shape index (κ1) is 13.5. The Morgan fingerprint density at radius 2 is 1.85 bits per heavy atom. The molecule has 1 saturated carbocycles. The van der Waals surface area contributed by atoms with Crippen molar-refractivity contribution in [1.29, 1.82) is 0 Å². The fourth-order valence-electron chi connectivity index (χ4n) is 3.38. The second kappa shape index (κ2) is 5.86. The van der Waals surface area contributed by atoms with Gasteiger partial charge >= 0.3 is 0 Å². The minimum Gasteiger partial charge on any atom is -0.372 e. The Labute approximate surface area is 121 Å². The van der Waals surface area contributed by atoms with Crippen LogP contribution in [0.1, 0.15) is 44.1 Å². The summed E-state index contributed by atoms with van der Waals surface area (Å²) in [6.07, 6.45) is 7.09. The zero-order valence-electron chi connectivity index (χ0n) is 12.3. The summed E-state index contributed by atoms with van der Waals surface area (Å²) in [5, 5.41) is 3.11. The van der Waals surface area contributed by atoms with Gasteiger partial charge in [0.15, 0.2) is 0 Å². The summed E-state index contributed by atoms with van der Waals surface area (Å²) in [6, 6.07) is 6.41. The van der Waals surface area contributed by atoms with E-state index in [4.69, 9.17) is 0 Å². The van der Waals surface area contributed by atoms with Gasteiger partial charge in [0, 0.05) is 30.4 Å². The van der Waals surface area contributed by atoms with E-state index in [0.717, 1.165) is 31.6 Å². The summed E-state index contributed by atoms with van der Waals surface area (Å²) in [5.41, 5.74) is 3.43. The zero-order chi connectivity index (χ0) is 13.9.